The Morgan fingerprint density at radius 3 is 2.39 bits per heavy atom. The van der Waals surface area contributed by atoms with Crippen molar-refractivity contribution in [3.05, 3.63) is 94.7 Å². The van der Waals surface area contributed by atoms with Gasteiger partial charge in [-0.2, -0.15) is 0 Å². The second kappa shape index (κ2) is 8.91. The molecule has 1 aromatic heterocycles. The van der Waals surface area contributed by atoms with Crippen molar-refractivity contribution in [3.63, 3.8) is 0 Å². The zero-order chi connectivity index (χ0) is 21.8. The number of carbonyl (C=O) groups excluding carboxylic acids is 1. The normalized spacial score (nSPS) is 12.4. The molecule has 1 N–H and O–H groups in total. The van der Waals surface area contributed by atoms with Crippen LogP contribution in [0.5, 0.6) is 5.75 Å². The van der Waals surface area contributed by atoms with Gasteiger partial charge in [0.2, 0.25) is 0 Å². The Bertz CT molecular complexity index is 1300. The Kier molecular flexibility index (Phi) is 6.06. The number of fused-ring (bicyclic) bond motifs is 1. The zero-order valence-corrected chi connectivity index (χ0v) is 18.4. The van der Waals surface area contributed by atoms with Crippen molar-refractivity contribution in [2.24, 2.45) is 0 Å². The summed E-state index contributed by atoms with van der Waals surface area (Å²) >= 11 is 1.35. The molecule has 0 fully saturated rings. The molecule has 0 aliphatic heterocycles. The van der Waals surface area contributed by atoms with E-state index in [9.17, 15) is 13.2 Å². The van der Waals surface area contributed by atoms with Crippen LogP contribution < -0.4 is 10.1 Å². The molecule has 0 spiro atoms. The predicted molar refractivity (Wildman–Crippen MR) is 124 cm³/mol. The largest absolute Gasteiger partial charge is 0.497 e. The molecule has 7 heteroatoms. The maximum atomic E-state index is 13.4. The molecule has 1 heterocycles. The Morgan fingerprint density at radius 2 is 1.71 bits per heavy atom. The third-order valence-electron chi connectivity index (χ3n) is 5.08. The highest BCUT2D eigenvalue weighted by molar-refractivity contribution is 7.91. The van der Waals surface area contributed by atoms with Gasteiger partial charge in [-0.1, -0.05) is 36.4 Å². The zero-order valence-electron chi connectivity index (χ0n) is 16.8. The number of amides is 1. The van der Waals surface area contributed by atoms with Gasteiger partial charge in [0.05, 0.1) is 12.0 Å². The number of hydrogen-bond acceptors (Lipinski definition) is 5. The van der Waals surface area contributed by atoms with E-state index in [0.29, 0.717) is 16.2 Å². The molecule has 0 saturated carbocycles. The van der Waals surface area contributed by atoms with E-state index in [0.717, 1.165) is 10.8 Å². The molecule has 4 rings (SSSR count). The van der Waals surface area contributed by atoms with E-state index in [1.54, 1.807) is 24.3 Å². The Labute approximate surface area is 185 Å². The molecule has 1 atom stereocenters. The fraction of sp³-hybridized carbons (Fsp3) is 0.125. The van der Waals surface area contributed by atoms with Gasteiger partial charge in [0, 0.05) is 17.0 Å². The van der Waals surface area contributed by atoms with Crippen LogP contribution in [0.2, 0.25) is 0 Å². The van der Waals surface area contributed by atoms with E-state index < -0.39 is 15.1 Å². The number of hydrogen-bond donors (Lipinski definition) is 1. The van der Waals surface area contributed by atoms with Crippen LogP contribution in [0, 0.1) is 0 Å². The van der Waals surface area contributed by atoms with Gasteiger partial charge in [-0.25, -0.2) is 8.42 Å². The average molecular weight is 452 g/mol. The number of ether oxygens (including phenoxy) is 1. The monoisotopic (exact) mass is 451 g/mol. The van der Waals surface area contributed by atoms with Crippen molar-refractivity contribution >= 4 is 37.9 Å². The number of nitrogens with one attached hydrogen (secondary N) is 1. The first kappa shape index (κ1) is 21.1. The summed E-state index contributed by atoms with van der Waals surface area (Å²) in [5.41, 5.74) is 0.491. The van der Waals surface area contributed by atoms with Crippen LogP contribution in [0.25, 0.3) is 10.8 Å². The predicted octanol–water partition coefficient (Wildman–Crippen LogP) is 4.85. The van der Waals surface area contributed by atoms with Gasteiger partial charge in [-0.15, -0.1) is 11.3 Å². The molecule has 158 valence electrons. The number of thiophene rings is 1. The molecule has 3 aromatic carbocycles. The van der Waals surface area contributed by atoms with Gasteiger partial charge >= 0.3 is 0 Å². The van der Waals surface area contributed by atoms with Gasteiger partial charge in [0.15, 0.2) is 9.84 Å². The molecule has 0 saturated heterocycles. The van der Waals surface area contributed by atoms with Crippen molar-refractivity contribution in [1.29, 1.82) is 0 Å². The smallest absolute Gasteiger partial charge is 0.251 e. The lowest BCUT2D eigenvalue weighted by atomic mass is 10.1. The lowest BCUT2D eigenvalue weighted by Crippen LogP contribution is -2.31. The summed E-state index contributed by atoms with van der Waals surface area (Å²) in [6, 6.07) is 23.1. The number of methoxy groups -OCH3 is 1. The molecule has 4 aromatic rings. The molecule has 0 bridgehead atoms. The van der Waals surface area contributed by atoms with Gasteiger partial charge in [0.25, 0.3) is 5.91 Å². The van der Waals surface area contributed by atoms with Crippen molar-refractivity contribution in [2.75, 3.05) is 13.7 Å². The molecular formula is C24H21NO4S2. The van der Waals surface area contributed by atoms with Crippen LogP contribution in [-0.4, -0.2) is 28.0 Å². The third-order valence-corrected chi connectivity index (χ3v) is 8.32. The summed E-state index contributed by atoms with van der Waals surface area (Å²) in [6.45, 7) is -0.0272. The third kappa shape index (κ3) is 4.47. The highest BCUT2D eigenvalue weighted by Gasteiger charge is 2.30. The van der Waals surface area contributed by atoms with E-state index in [-0.39, 0.29) is 17.3 Å². The summed E-state index contributed by atoms with van der Waals surface area (Å²) in [4.78, 5) is 13.7. The lowest BCUT2D eigenvalue weighted by molar-refractivity contribution is 0.0954. The van der Waals surface area contributed by atoms with Gasteiger partial charge in [0.1, 0.15) is 11.0 Å². The topological polar surface area (TPSA) is 72.5 Å². The van der Waals surface area contributed by atoms with Crippen molar-refractivity contribution in [3.8, 4) is 5.75 Å². The number of carbonyl (C=O) groups is 1. The summed E-state index contributed by atoms with van der Waals surface area (Å²) in [7, 11) is -2.19. The minimum atomic E-state index is -3.72. The Balaban J connectivity index is 1.58. The molecule has 0 aliphatic carbocycles. The summed E-state index contributed by atoms with van der Waals surface area (Å²) in [6.07, 6.45) is 0. The SMILES string of the molecule is COc1ccc(S(=O)(=O)[C@H](CNC(=O)c2ccc3ccccc3c2)c2cccs2)cc1. The number of rotatable bonds is 7. The molecule has 0 unspecified atom stereocenters. The lowest BCUT2D eigenvalue weighted by Gasteiger charge is -2.18. The summed E-state index contributed by atoms with van der Waals surface area (Å²) in [5, 5.41) is 5.75. The van der Waals surface area contributed by atoms with E-state index >= 15 is 0 Å². The van der Waals surface area contributed by atoms with E-state index in [2.05, 4.69) is 5.32 Å². The molecule has 31 heavy (non-hydrogen) atoms. The fourth-order valence-electron chi connectivity index (χ4n) is 3.39. The van der Waals surface area contributed by atoms with Crippen molar-refractivity contribution < 1.29 is 17.9 Å². The van der Waals surface area contributed by atoms with Crippen LogP contribution >= 0.6 is 11.3 Å². The van der Waals surface area contributed by atoms with Crippen molar-refractivity contribution in [2.45, 2.75) is 10.1 Å². The van der Waals surface area contributed by atoms with Crippen LogP contribution in [0.3, 0.4) is 0 Å². The second-order valence-corrected chi connectivity index (χ2v) is 10.1. The minimum Gasteiger partial charge on any atom is -0.497 e. The molecule has 1 amide bonds. The average Bonchev–Trinajstić information content (AvgIpc) is 3.33. The van der Waals surface area contributed by atoms with E-state index in [4.69, 9.17) is 4.74 Å². The van der Waals surface area contributed by atoms with E-state index in [1.165, 1.54) is 30.6 Å². The van der Waals surface area contributed by atoms with Crippen molar-refractivity contribution in [1.82, 2.24) is 5.32 Å². The highest BCUT2D eigenvalue weighted by atomic mass is 32.2. The Hall–Kier alpha value is -3.16. The van der Waals surface area contributed by atoms with Gasteiger partial charge in [-0.3, -0.25) is 4.79 Å². The minimum absolute atomic E-state index is 0.0272. The van der Waals surface area contributed by atoms with Gasteiger partial charge < -0.3 is 10.1 Å². The van der Waals surface area contributed by atoms with Crippen LogP contribution in [0.15, 0.2) is 89.1 Å². The summed E-state index contributed by atoms with van der Waals surface area (Å²) in [5.74, 6) is 0.272. The molecule has 0 radical (unpaired) electrons. The fourth-order valence-corrected chi connectivity index (χ4v) is 6.17. The van der Waals surface area contributed by atoms with Crippen LogP contribution in [-0.2, 0) is 9.84 Å². The number of benzene rings is 3. The first-order chi connectivity index (χ1) is 15.0. The molecule has 0 aliphatic rings. The van der Waals surface area contributed by atoms with Crippen LogP contribution in [0.1, 0.15) is 20.5 Å². The first-order valence-corrected chi connectivity index (χ1v) is 12.1. The van der Waals surface area contributed by atoms with E-state index in [1.807, 2.05) is 47.8 Å². The first-order valence-electron chi connectivity index (χ1n) is 9.67. The highest BCUT2D eigenvalue weighted by Crippen LogP contribution is 2.32. The molecule has 5 nitrogen and oxygen atoms in total. The molecular weight excluding hydrogens is 430 g/mol. The number of sulfone groups is 1. The quantitative estimate of drug-likeness (QED) is 0.436. The Morgan fingerprint density at radius 1 is 0.968 bits per heavy atom. The standard InChI is InChI=1S/C24H21NO4S2/c1-29-20-10-12-21(13-11-20)31(27,28)23(22-7-4-14-30-22)16-25-24(26)19-9-8-17-5-2-3-6-18(17)15-19/h2-15,23H,16H2,1H3,(H,25,26)/t23-/m1/s1. The van der Waals surface area contributed by atoms with Crippen LogP contribution in [0.4, 0.5) is 0 Å². The second-order valence-electron chi connectivity index (χ2n) is 7.00. The maximum Gasteiger partial charge on any atom is 0.251 e. The van der Waals surface area contributed by atoms with Gasteiger partial charge in [-0.05, 0) is 58.6 Å². The maximum absolute atomic E-state index is 13.4. The summed E-state index contributed by atoms with van der Waals surface area (Å²) < 4.78 is 31.9.